The third-order valence-electron chi connectivity index (χ3n) is 2.93. The monoisotopic (exact) mass is 240 g/mol. The summed E-state index contributed by atoms with van der Waals surface area (Å²) in [6, 6.07) is 17.6. The molecule has 1 atom stereocenters. The van der Waals surface area contributed by atoms with Gasteiger partial charge in [0.25, 0.3) is 0 Å². The number of ether oxygens (including phenoxy) is 1. The molecule has 2 nitrogen and oxygen atoms in total. The molecule has 1 unspecified atom stereocenters. The number of carbonyl (C=O) groups is 1. The number of Topliss-reactive ketones (excluding diaryl/α,β-unsaturated/α-hetero) is 1. The molecular formula is C16H16O2. The Labute approximate surface area is 107 Å². The zero-order chi connectivity index (χ0) is 13.0. The van der Waals surface area contributed by atoms with Crippen LogP contribution < -0.4 is 0 Å². The number of benzene rings is 2. The van der Waals surface area contributed by atoms with Gasteiger partial charge >= 0.3 is 0 Å². The Morgan fingerprint density at radius 3 is 2.28 bits per heavy atom. The molecule has 0 aliphatic rings. The van der Waals surface area contributed by atoms with Crippen LogP contribution in [-0.4, -0.2) is 12.9 Å². The fourth-order valence-electron chi connectivity index (χ4n) is 2.01. The van der Waals surface area contributed by atoms with E-state index in [2.05, 4.69) is 0 Å². The van der Waals surface area contributed by atoms with Gasteiger partial charge in [-0.15, -0.1) is 0 Å². The molecule has 0 aliphatic carbocycles. The highest BCUT2D eigenvalue weighted by Gasteiger charge is 2.13. The average molecular weight is 240 g/mol. The van der Waals surface area contributed by atoms with Crippen molar-refractivity contribution < 1.29 is 9.53 Å². The topological polar surface area (TPSA) is 26.3 Å². The molecule has 0 amide bonds. The maximum absolute atomic E-state index is 11.4. The second-order valence-corrected chi connectivity index (χ2v) is 4.21. The van der Waals surface area contributed by atoms with E-state index in [-0.39, 0.29) is 11.9 Å². The van der Waals surface area contributed by atoms with Gasteiger partial charge in [-0.05, 0) is 24.1 Å². The predicted molar refractivity (Wildman–Crippen MR) is 71.7 cm³/mol. The maximum Gasteiger partial charge on any atom is 0.159 e. The van der Waals surface area contributed by atoms with Crippen LogP contribution in [0, 0.1) is 0 Å². The van der Waals surface area contributed by atoms with Gasteiger partial charge in [0.15, 0.2) is 5.78 Å². The van der Waals surface area contributed by atoms with Gasteiger partial charge in [0.1, 0.15) is 6.10 Å². The van der Waals surface area contributed by atoms with Crippen molar-refractivity contribution in [3.63, 3.8) is 0 Å². The highest BCUT2D eigenvalue weighted by molar-refractivity contribution is 5.94. The lowest BCUT2D eigenvalue weighted by Crippen LogP contribution is -2.04. The Bertz CT molecular complexity index is 532. The van der Waals surface area contributed by atoms with Gasteiger partial charge in [-0.1, -0.05) is 48.5 Å². The summed E-state index contributed by atoms with van der Waals surface area (Å²) in [4.78, 5) is 11.4. The first-order chi connectivity index (χ1) is 8.72. The van der Waals surface area contributed by atoms with Crippen molar-refractivity contribution in [1.29, 1.82) is 0 Å². The Kier molecular flexibility index (Phi) is 3.90. The smallest absolute Gasteiger partial charge is 0.159 e. The molecule has 2 aromatic rings. The Morgan fingerprint density at radius 2 is 1.67 bits per heavy atom. The molecular weight excluding hydrogens is 224 g/mol. The quantitative estimate of drug-likeness (QED) is 0.763. The second-order valence-electron chi connectivity index (χ2n) is 4.21. The normalized spacial score (nSPS) is 12.1. The first-order valence-electron chi connectivity index (χ1n) is 5.91. The molecule has 0 saturated carbocycles. The molecule has 0 heterocycles. The van der Waals surface area contributed by atoms with Crippen molar-refractivity contribution >= 4 is 5.78 Å². The molecule has 0 N–H and O–H groups in total. The number of hydrogen-bond donors (Lipinski definition) is 0. The van der Waals surface area contributed by atoms with E-state index in [1.54, 1.807) is 14.0 Å². The van der Waals surface area contributed by atoms with Crippen molar-refractivity contribution in [1.82, 2.24) is 0 Å². The summed E-state index contributed by atoms with van der Waals surface area (Å²) in [7, 11) is 1.68. The van der Waals surface area contributed by atoms with Crippen LogP contribution in [0.3, 0.4) is 0 Å². The fourth-order valence-corrected chi connectivity index (χ4v) is 2.01. The Balaban J connectivity index is 2.39. The molecule has 0 aliphatic heterocycles. The predicted octanol–water partition coefficient (Wildman–Crippen LogP) is 3.63. The summed E-state index contributed by atoms with van der Waals surface area (Å²) < 4.78 is 5.55. The van der Waals surface area contributed by atoms with Gasteiger partial charge in [0, 0.05) is 12.7 Å². The van der Waals surface area contributed by atoms with Crippen LogP contribution in [0.2, 0.25) is 0 Å². The minimum atomic E-state index is -0.134. The van der Waals surface area contributed by atoms with E-state index in [9.17, 15) is 4.79 Å². The molecule has 2 heteroatoms. The zero-order valence-electron chi connectivity index (χ0n) is 10.6. The maximum atomic E-state index is 11.4. The van der Waals surface area contributed by atoms with Crippen molar-refractivity contribution in [3.05, 3.63) is 71.3 Å². The molecule has 2 rings (SSSR count). The molecule has 92 valence electrons. The summed E-state index contributed by atoms with van der Waals surface area (Å²) in [5, 5.41) is 0. The summed E-state index contributed by atoms with van der Waals surface area (Å²) in [6.07, 6.45) is -0.134. The largest absolute Gasteiger partial charge is 0.372 e. The lowest BCUT2D eigenvalue weighted by Gasteiger charge is -2.16. The van der Waals surface area contributed by atoms with Crippen molar-refractivity contribution in [2.24, 2.45) is 0 Å². The fraction of sp³-hybridized carbons (Fsp3) is 0.188. The summed E-state index contributed by atoms with van der Waals surface area (Å²) in [5.74, 6) is 0.0692. The summed E-state index contributed by atoms with van der Waals surface area (Å²) >= 11 is 0. The van der Waals surface area contributed by atoms with Crippen molar-refractivity contribution in [2.45, 2.75) is 13.0 Å². The average Bonchev–Trinajstić information content (AvgIpc) is 2.41. The molecule has 0 saturated heterocycles. The first-order valence-corrected chi connectivity index (χ1v) is 5.91. The molecule has 2 aromatic carbocycles. The Hall–Kier alpha value is -1.93. The third-order valence-corrected chi connectivity index (χ3v) is 2.93. The van der Waals surface area contributed by atoms with Gasteiger partial charge in [-0.3, -0.25) is 4.79 Å². The van der Waals surface area contributed by atoms with Crippen LogP contribution in [0.4, 0.5) is 0 Å². The second kappa shape index (κ2) is 5.61. The van der Waals surface area contributed by atoms with E-state index >= 15 is 0 Å². The highest BCUT2D eigenvalue weighted by Crippen LogP contribution is 2.25. The lowest BCUT2D eigenvalue weighted by atomic mass is 9.98. The molecule has 0 aromatic heterocycles. The Morgan fingerprint density at radius 1 is 1.00 bits per heavy atom. The van der Waals surface area contributed by atoms with Crippen LogP contribution in [0.1, 0.15) is 34.5 Å². The number of ketones is 1. The standard InChI is InChI=1S/C16H16O2/c1-12(17)14-9-6-10-15(11-14)16(18-2)13-7-4-3-5-8-13/h3-11,16H,1-2H3. The van der Waals surface area contributed by atoms with E-state index in [0.717, 1.165) is 11.1 Å². The number of rotatable bonds is 4. The zero-order valence-corrected chi connectivity index (χ0v) is 10.6. The van der Waals surface area contributed by atoms with Crippen LogP contribution in [0.5, 0.6) is 0 Å². The van der Waals surface area contributed by atoms with Crippen LogP contribution >= 0.6 is 0 Å². The highest BCUT2D eigenvalue weighted by atomic mass is 16.5. The van der Waals surface area contributed by atoms with Gasteiger partial charge < -0.3 is 4.74 Å². The molecule has 0 spiro atoms. The first kappa shape index (κ1) is 12.5. The number of methoxy groups -OCH3 is 1. The third kappa shape index (κ3) is 2.66. The van der Waals surface area contributed by atoms with E-state index in [1.165, 1.54) is 0 Å². The molecule has 18 heavy (non-hydrogen) atoms. The van der Waals surface area contributed by atoms with E-state index < -0.39 is 0 Å². The number of hydrogen-bond acceptors (Lipinski definition) is 2. The van der Waals surface area contributed by atoms with E-state index in [4.69, 9.17) is 4.74 Å². The minimum absolute atomic E-state index is 0.0692. The summed E-state index contributed by atoms with van der Waals surface area (Å²) in [6.45, 7) is 1.57. The van der Waals surface area contributed by atoms with Gasteiger partial charge in [-0.25, -0.2) is 0 Å². The lowest BCUT2D eigenvalue weighted by molar-refractivity contribution is 0.101. The molecule has 0 bridgehead atoms. The van der Waals surface area contributed by atoms with Crippen molar-refractivity contribution in [2.75, 3.05) is 7.11 Å². The van der Waals surface area contributed by atoms with Gasteiger partial charge in [0.2, 0.25) is 0 Å². The van der Waals surface area contributed by atoms with Gasteiger partial charge in [0.05, 0.1) is 0 Å². The molecule has 0 radical (unpaired) electrons. The molecule has 0 fully saturated rings. The van der Waals surface area contributed by atoms with Crippen LogP contribution in [0.15, 0.2) is 54.6 Å². The minimum Gasteiger partial charge on any atom is -0.372 e. The van der Waals surface area contributed by atoms with E-state index in [0.29, 0.717) is 5.56 Å². The van der Waals surface area contributed by atoms with E-state index in [1.807, 2.05) is 54.6 Å². The SMILES string of the molecule is COC(c1ccccc1)c1cccc(C(C)=O)c1. The van der Waals surface area contributed by atoms with Crippen LogP contribution in [0.25, 0.3) is 0 Å². The van der Waals surface area contributed by atoms with Crippen LogP contribution in [-0.2, 0) is 4.74 Å². The summed E-state index contributed by atoms with van der Waals surface area (Å²) in [5.41, 5.74) is 2.79. The van der Waals surface area contributed by atoms with Gasteiger partial charge in [-0.2, -0.15) is 0 Å². The number of carbonyl (C=O) groups excluding carboxylic acids is 1. The van der Waals surface area contributed by atoms with Crippen molar-refractivity contribution in [3.8, 4) is 0 Å².